The third-order valence-electron chi connectivity index (χ3n) is 3.35. The maximum absolute atomic E-state index is 4.80. The van der Waals surface area contributed by atoms with Crippen LogP contribution in [-0.2, 0) is 6.42 Å². The van der Waals surface area contributed by atoms with E-state index in [0.29, 0.717) is 6.04 Å². The van der Waals surface area contributed by atoms with Crippen molar-refractivity contribution >= 4 is 28.3 Å². The van der Waals surface area contributed by atoms with Crippen LogP contribution in [0.4, 0.5) is 0 Å². The fourth-order valence-corrected chi connectivity index (χ4v) is 4.26. The van der Waals surface area contributed by atoms with Gasteiger partial charge in [0.2, 0.25) is 0 Å². The van der Waals surface area contributed by atoms with E-state index in [1.807, 2.05) is 23.1 Å². The van der Waals surface area contributed by atoms with E-state index in [-0.39, 0.29) is 5.54 Å². The third-order valence-corrected chi connectivity index (χ3v) is 5.63. The summed E-state index contributed by atoms with van der Waals surface area (Å²) in [6.45, 7) is 8.86. The number of aliphatic imine (C=N–C) groups is 1. The maximum atomic E-state index is 4.80. The van der Waals surface area contributed by atoms with E-state index in [1.165, 1.54) is 9.75 Å². The molecule has 1 aromatic heterocycles. The molecule has 0 amide bonds. The normalized spacial score (nSPS) is 27.4. The summed E-state index contributed by atoms with van der Waals surface area (Å²) in [5, 5.41) is 4.68. The summed E-state index contributed by atoms with van der Waals surface area (Å²) < 4.78 is 0. The summed E-state index contributed by atoms with van der Waals surface area (Å²) >= 11 is 3.74. The average molecular weight is 282 g/mol. The standard InChI is InChI=1S/C14H22N2S2/c1-5-14(4)9-17-13(16-14)15-10(2)8-12-7-6-11(3)18-12/h6-7,10H,5,8-9H2,1-4H3,(H,15,16). The minimum atomic E-state index is 0.239. The van der Waals surface area contributed by atoms with Crippen molar-refractivity contribution in [1.82, 2.24) is 5.32 Å². The predicted octanol–water partition coefficient (Wildman–Crippen LogP) is 3.85. The first-order chi connectivity index (χ1) is 8.50. The molecule has 1 N–H and O–H groups in total. The number of aryl methyl sites for hydroxylation is 1. The molecule has 0 radical (unpaired) electrons. The molecule has 0 spiro atoms. The number of rotatable bonds is 4. The Morgan fingerprint density at radius 1 is 1.50 bits per heavy atom. The SMILES string of the molecule is CCC1(C)CSC(=NC(C)Cc2ccc(C)s2)N1. The van der Waals surface area contributed by atoms with Gasteiger partial charge in [-0.2, -0.15) is 0 Å². The number of hydrogen-bond acceptors (Lipinski definition) is 3. The highest BCUT2D eigenvalue weighted by atomic mass is 32.2. The molecule has 2 atom stereocenters. The highest BCUT2D eigenvalue weighted by Crippen LogP contribution is 2.26. The predicted molar refractivity (Wildman–Crippen MR) is 83.9 cm³/mol. The van der Waals surface area contributed by atoms with Crippen molar-refractivity contribution in [2.45, 2.75) is 52.1 Å². The van der Waals surface area contributed by atoms with E-state index in [2.05, 4.69) is 45.1 Å². The lowest BCUT2D eigenvalue weighted by atomic mass is 10.0. The molecule has 1 aromatic rings. The Morgan fingerprint density at radius 3 is 2.83 bits per heavy atom. The number of nitrogens with one attached hydrogen (secondary N) is 1. The van der Waals surface area contributed by atoms with Gasteiger partial charge in [0.1, 0.15) is 0 Å². The molecule has 1 fully saturated rings. The van der Waals surface area contributed by atoms with E-state index in [1.54, 1.807) is 0 Å². The minimum absolute atomic E-state index is 0.239. The largest absolute Gasteiger partial charge is 0.359 e. The van der Waals surface area contributed by atoms with Crippen LogP contribution in [0.25, 0.3) is 0 Å². The van der Waals surface area contributed by atoms with Crippen LogP contribution in [0.1, 0.15) is 36.9 Å². The maximum Gasteiger partial charge on any atom is 0.157 e. The summed E-state index contributed by atoms with van der Waals surface area (Å²) in [5.74, 6) is 1.13. The summed E-state index contributed by atoms with van der Waals surface area (Å²) in [7, 11) is 0. The van der Waals surface area contributed by atoms with E-state index in [4.69, 9.17) is 4.99 Å². The zero-order valence-electron chi connectivity index (χ0n) is 11.6. The average Bonchev–Trinajstić information content (AvgIpc) is 2.87. The molecule has 0 aliphatic carbocycles. The van der Waals surface area contributed by atoms with Crippen molar-refractivity contribution in [3.8, 4) is 0 Å². The van der Waals surface area contributed by atoms with E-state index < -0.39 is 0 Å². The van der Waals surface area contributed by atoms with Gasteiger partial charge in [0.05, 0.1) is 6.04 Å². The molecule has 2 rings (SSSR count). The molecule has 4 heteroatoms. The first kappa shape index (κ1) is 13.9. The highest BCUT2D eigenvalue weighted by molar-refractivity contribution is 8.14. The van der Waals surface area contributed by atoms with E-state index in [0.717, 1.165) is 23.8 Å². The molecule has 1 saturated heterocycles. The highest BCUT2D eigenvalue weighted by Gasteiger charge is 2.30. The van der Waals surface area contributed by atoms with Crippen molar-refractivity contribution in [1.29, 1.82) is 0 Å². The molecule has 2 nitrogen and oxygen atoms in total. The Labute approximate surface area is 118 Å². The Balaban J connectivity index is 1.93. The van der Waals surface area contributed by atoms with Crippen LogP contribution in [-0.4, -0.2) is 22.5 Å². The zero-order valence-corrected chi connectivity index (χ0v) is 13.3. The van der Waals surface area contributed by atoms with Gasteiger partial charge in [-0.3, -0.25) is 4.99 Å². The van der Waals surface area contributed by atoms with Crippen molar-refractivity contribution in [2.75, 3.05) is 5.75 Å². The Kier molecular flexibility index (Phi) is 4.38. The second-order valence-electron chi connectivity index (χ2n) is 5.33. The quantitative estimate of drug-likeness (QED) is 0.907. The number of hydrogen-bond donors (Lipinski definition) is 1. The van der Waals surface area contributed by atoms with Crippen LogP contribution in [0, 0.1) is 6.92 Å². The molecule has 1 aliphatic heterocycles. The molecule has 0 saturated carbocycles. The smallest absolute Gasteiger partial charge is 0.157 e. The number of nitrogens with zero attached hydrogens (tertiary/aromatic N) is 1. The lowest BCUT2D eigenvalue weighted by molar-refractivity contribution is 0.465. The summed E-state index contributed by atoms with van der Waals surface area (Å²) in [6, 6.07) is 4.77. The zero-order chi connectivity index (χ0) is 13.2. The van der Waals surface area contributed by atoms with Gasteiger partial charge in [-0.15, -0.1) is 11.3 Å². The Bertz CT molecular complexity index is 439. The summed E-state index contributed by atoms with van der Waals surface area (Å²) in [4.78, 5) is 7.62. The monoisotopic (exact) mass is 282 g/mol. The lowest BCUT2D eigenvalue weighted by Gasteiger charge is -2.21. The molecule has 0 bridgehead atoms. The van der Waals surface area contributed by atoms with Crippen LogP contribution < -0.4 is 5.32 Å². The van der Waals surface area contributed by atoms with Crippen LogP contribution >= 0.6 is 23.1 Å². The van der Waals surface area contributed by atoms with Gasteiger partial charge in [-0.1, -0.05) is 18.7 Å². The summed E-state index contributed by atoms with van der Waals surface area (Å²) in [5.41, 5.74) is 0.239. The molecule has 100 valence electrons. The minimum Gasteiger partial charge on any atom is -0.359 e. The van der Waals surface area contributed by atoms with Gasteiger partial charge >= 0.3 is 0 Å². The second kappa shape index (κ2) is 5.66. The van der Waals surface area contributed by atoms with Gasteiger partial charge in [0.25, 0.3) is 0 Å². The van der Waals surface area contributed by atoms with Gasteiger partial charge < -0.3 is 5.32 Å². The van der Waals surface area contributed by atoms with Crippen molar-refractivity contribution < 1.29 is 0 Å². The number of thioether (sulfide) groups is 1. The topological polar surface area (TPSA) is 24.4 Å². The summed E-state index contributed by atoms with van der Waals surface area (Å²) in [6.07, 6.45) is 2.20. The van der Waals surface area contributed by atoms with Gasteiger partial charge in [-0.25, -0.2) is 0 Å². The molecule has 1 aliphatic rings. The Hall–Kier alpha value is -0.480. The van der Waals surface area contributed by atoms with Gasteiger partial charge in [0, 0.05) is 27.5 Å². The third kappa shape index (κ3) is 3.51. The second-order valence-corrected chi connectivity index (χ2v) is 7.66. The van der Waals surface area contributed by atoms with Gasteiger partial charge in [-0.05, 0) is 39.3 Å². The number of thiophene rings is 1. The van der Waals surface area contributed by atoms with Crippen molar-refractivity contribution in [3.05, 3.63) is 21.9 Å². The Morgan fingerprint density at radius 2 is 2.28 bits per heavy atom. The first-order valence-electron chi connectivity index (χ1n) is 6.55. The van der Waals surface area contributed by atoms with Crippen molar-refractivity contribution in [2.24, 2.45) is 4.99 Å². The fraction of sp³-hybridized carbons (Fsp3) is 0.643. The van der Waals surface area contributed by atoms with Crippen LogP contribution in [0.5, 0.6) is 0 Å². The van der Waals surface area contributed by atoms with Gasteiger partial charge in [0.15, 0.2) is 5.17 Å². The first-order valence-corrected chi connectivity index (χ1v) is 8.35. The van der Waals surface area contributed by atoms with Crippen LogP contribution in [0.2, 0.25) is 0 Å². The van der Waals surface area contributed by atoms with Crippen LogP contribution in [0.15, 0.2) is 17.1 Å². The molecular weight excluding hydrogens is 260 g/mol. The lowest BCUT2D eigenvalue weighted by Crippen LogP contribution is -2.39. The van der Waals surface area contributed by atoms with Crippen LogP contribution in [0.3, 0.4) is 0 Å². The van der Waals surface area contributed by atoms with E-state index in [9.17, 15) is 0 Å². The molecular formula is C14H22N2S2. The fourth-order valence-electron chi connectivity index (χ4n) is 1.95. The molecule has 18 heavy (non-hydrogen) atoms. The molecule has 0 aromatic carbocycles. The molecule has 2 heterocycles. The number of amidine groups is 1. The van der Waals surface area contributed by atoms with Crippen molar-refractivity contribution in [3.63, 3.8) is 0 Å². The van der Waals surface area contributed by atoms with E-state index >= 15 is 0 Å². The molecule has 2 unspecified atom stereocenters.